The Morgan fingerprint density at radius 3 is 1.41 bits per heavy atom. The number of nitrogens with two attached hydrogens (primary N) is 1. The summed E-state index contributed by atoms with van der Waals surface area (Å²) in [6, 6.07) is 14.1. The molecule has 0 amide bonds. The molecule has 12 heteroatoms. The summed E-state index contributed by atoms with van der Waals surface area (Å²) in [6.45, 7) is 3.75. The highest BCUT2D eigenvalue weighted by Crippen LogP contribution is 2.15. The summed E-state index contributed by atoms with van der Waals surface area (Å²) in [5.41, 5.74) is 8.56. The molecule has 2 aromatic rings. The Hall–Kier alpha value is -2.54. The van der Waals surface area contributed by atoms with E-state index in [9.17, 15) is 26.9 Å². The highest BCUT2D eigenvalue weighted by molar-refractivity contribution is 7.91. The number of sulfone groups is 2. The molecule has 10 nitrogen and oxygen atoms in total. The zero-order chi connectivity index (χ0) is 24.8. The zero-order valence-corrected chi connectivity index (χ0v) is 20.5. The second-order valence-electron chi connectivity index (χ2n) is 8.52. The van der Waals surface area contributed by atoms with Crippen LogP contribution in [0.3, 0.4) is 0 Å². The number of nitro groups is 1. The van der Waals surface area contributed by atoms with Crippen LogP contribution in [-0.2, 0) is 32.8 Å². The molecule has 2 fully saturated rings. The molecule has 186 valence electrons. The molecule has 0 aliphatic carbocycles. The van der Waals surface area contributed by atoms with E-state index in [1.165, 1.54) is 17.7 Å². The van der Waals surface area contributed by atoms with Crippen molar-refractivity contribution in [3.05, 3.63) is 69.8 Å². The van der Waals surface area contributed by atoms with E-state index in [1.807, 2.05) is 29.2 Å². The van der Waals surface area contributed by atoms with Gasteiger partial charge in [-0.25, -0.2) is 16.8 Å². The monoisotopic (exact) mass is 510 g/mol. The second-order valence-corrected chi connectivity index (χ2v) is 13.1. The third-order valence-corrected chi connectivity index (χ3v) is 9.03. The predicted octanol–water partition coefficient (Wildman–Crippen LogP) is 1.32. The molecule has 2 aromatic carbocycles. The van der Waals surface area contributed by atoms with Crippen LogP contribution in [-0.4, -0.2) is 80.7 Å². The minimum Gasteiger partial charge on any atom is -0.399 e. The maximum Gasteiger partial charge on any atom is 0.269 e. The molecule has 0 saturated carbocycles. The molecular formula is C22H30N4O6S2. The fourth-order valence-corrected chi connectivity index (χ4v) is 6.23. The molecular weight excluding hydrogens is 480 g/mol. The number of rotatable bonds is 5. The molecule has 0 aromatic heterocycles. The Morgan fingerprint density at radius 1 is 0.706 bits per heavy atom. The number of hydrogen-bond acceptors (Lipinski definition) is 9. The van der Waals surface area contributed by atoms with Crippen LogP contribution in [0, 0.1) is 10.1 Å². The largest absolute Gasteiger partial charge is 0.399 e. The van der Waals surface area contributed by atoms with Crippen molar-refractivity contribution in [3.8, 4) is 0 Å². The Balaban J connectivity index is 0.000000192. The van der Waals surface area contributed by atoms with Crippen molar-refractivity contribution in [2.75, 3.05) is 54.9 Å². The standard InChI is InChI=1S/C11H14N2O4S.C11H16N2O2S/c14-13(15)11-3-1-10(2-4-11)9-12-5-7-18(16,17)8-6-12;12-11-3-1-10(2-4-11)9-13-5-7-16(14,15)8-6-13/h1-4H,5-9H2;1-4H,5-9,12H2. The number of non-ortho nitro benzene ring substituents is 1. The first-order chi connectivity index (χ1) is 16.0. The Morgan fingerprint density at radius 2 is 1.06 bits per heavy atom. The molecule has 34 heavy (non-hydrogen) atoms. The van der Waals surface area contributed by atoms with Crippen molar-refractivity contribution < 1.29 is 21.8 Å². The molecule has 2 aliphatic rings. The molecule has 2 saturated heterocycles. The van der Waals surface area contributed by atoms with Crippen molar-refractivity contribution in [1.29, 1.82) is 0 Å². The molecule has 0 unspecified atom stereocenters. The van der Waals surface area contributed by atoms with Crippen molar-refractivity contribution in [2.45, 2.75) is 13.1 Å². The van der Waals surface area contributed by atoms with Gasteiger partial charge in [-0.2, -0.15) is 0 Å². The van der Waals surface area contributed by atoms with E-state index in [0.29, 0.717) is 32.7 Å². The second kappa shape index (κ2) is 11.3. The van der Waals surface area contributed by atoms with Crippen LogP contribution in [0.2, 0.25) is 0 Å². The van der Waals surface area contributed by atoms with E-state index in [0.717, 1.165) is 17.8 Å². The first-order valence-electron chi connectivity index (χ1n) is 10.9. The smallest absolute Gasteiger partial charge is 0.269 e. The SMILES string of the molecule is Nc1ccc(CN2CCS(=O)(=O)CC2)cc1.O=[N+]([O-])c1ccc(CN2CCS(=O)(=O)CC2)cc1. The van der Waals surface area contributed by atoms with Gasteiger partial charge in [0.1, 0.15) is 0 Å². The van der Waals surface area contributed by atoms with Crippen LogP contribution in [0.25, 0.3) is 0 Å². The van der Waals surface area contributed by atoms with Crippen LogP contribution >= 0.6 is 0 Å². The quantitative estimate of drug-likeness (QED) is 0.358. The van der Waals surface area contributed by atoms with E-state index < -0.39 is 24.6 Å². The summed E-state index contributed by atoms with van der Waals surface area (Å²) in [5, 5.41) is 10.5. The fourth-order valence-electron chi connectivity index (χ4n) is 3.68. The van der Waals surface area contributed by atoms with Gasteiger partial charge in [0.2, 0.25) is 0 Å². The number of benzene rings is 2. The molecule has 4 rings (SSSR count). The Kier molecular flexibility index (Phi) is 8.63. The van der Waals surface area contributed by atoms with Gasteiger partial charge in [-0.1, -0.05) is 24.3 Å². The third-order valence-electron chi connectivity index (χ3n) is 5.81. The van der Waals surface area contributed by atoms with Crippen molar-refractivity contribution in [3.63, 3.8) is 0 Å². The van der Waals surface area contributed by atoms with E-state index in [2.05, 4.69) is 4.90 Å². The molecule has 2 heterocycles. The third kappa shape index (κ3) is 8.35. The summed E-state index contributed by atoms with van der Waals surface area (Å²) in [7, 11) is -5.63. The first kappa shape index (κ1) is 26.1. The molecule has 2 N–H and O–H groups in total. The van der Waals surface area contributed by atoms with E-state index in [1.54, 1.807) is 12.1 Å². The number of nitro benzene ring substituents is 1. The van der Waals surface area contributed by atoms with E-state index in [4.69, 9.17) is 5.73 Å². The fraction of sp³-hybridized carbons (Fsp3) is 0.455. The van der Waals surface area contributed by atoms with Crippen LogP contribution in [0.4, 0.5) is 11.4 Å². The maximum absolute atomic E-state index is 11.3. The van der Waals surface area contributed by atoms with Gasteiger partial charge < -0.3 is 5.73 Å². The minimum absolute atomic E-state index is 0.0694. The summed E-state index contributed by atoms with van der Waals surface area (Å²) >= 11 is 0. The summed E-state index contributed by atoms with van der Waals surface area (Å²) in [5.74, 6) is 0.948. The van der Waals surface area contributed by atoms with Gasteiger partial charge in [0.15, 0.2) is 19.7 Å². The topological polar surface area (TPSA) is 144 Å². The maximum atomic E-state index is 11.3. The first-order valence-corrected chi connectivity index (χ1v) is 14.6. The van der Waals surface area contributed by atoms with Crippen LogP contribution in [0.1, 0.15) is 11.1 Å². The molecule has 0 radical (unpaired) electrons. The zero-order valence-electron chi connectivity index (χ0n) is 18.9. The van der Waals surface area contributed by atoms with Gasteiger partial charge in [-0.3, -0.25) is 19.9 Å². The number of hydrogen-bond donors (Lipinski definition) is 1. The highest BCUT2D eigenvalue weighted by atomic mass is 32.2. The molecule has 0 spiro atoms. The van der Waals surface area contributed by atoms with Crippen LogP contribution in [0.5, 0.6) is 0 Å². The average Bonchev–Trinajstić information content (AvgIpc) is 2.79. The normalized spacial score (nSPS) is 20.1. The van der Waals surface area contributed by atoms with Crippen molar-refractivity contribution >= 4 is 31.0 Å². The van der Waals surface area contributed by atoms with Crippen molar-refractivity contribution in [1.82, 2.24) is 9.80 Å². The predicted molar refractivity (Wildman–Crippen MR) is 132 cm³/mol. The Labute approximate surface area is 200 Å². The lowest BCUT2D eigenvalue weighted by Gasteiger charge is -2.26. The summed E-state index contributed by atoms with van der Waals surface area (Å²) < 4.78 is 45.0. The number of nitrogens with zero attached hydrogens (tertiary/aromatic N) is 3. The number of nitrogen functional groups attached to an aromatic ring is 1. The van der Waals surface area contributed by atoms with Gasteiger partial charge in [0.25, 0.3) is 5.69 Å². The molecule has 0 atom stereocenters. The van der Waals surface area contributed by atoms with Gasteiger partial charge in [0, 0.05) is 57.1 Å². The van der Waals surface area contributed by atoms with Crippen LogP contribution < -0.4 is 5.73 Å². The minimum atomic E-state index is -2.86. The van der Waals surface area contributed by atoms with Crippen LogP contribution in [0.15, 0.2) is 48.5 Å². The summed E-state index contributed by atoms with van der Waals surface area (Å²) in [4.78, 5) is 14.3. The summed E-state index contributed by atoms with van der Waals surface area (Å²) in [6.07, 6.45) is 0. The van der Waals surface area contributed by atoms with E-state index >= 15 is 0 Å². The number of anilines is 1. The van der Waals surface area contributed by atoms with E-state index in [-0.39, 0.29) is 28.7 Å². The Bertz CT molecular complexity index is 1150. The van der Waals surface area contributed by atoms with Gasteiger partial charge >= 0.3 is 0 Å². The highest BCUT2D eigenvalue weighted by Gasteiger charge is 2.22. The van der Waals surface area contributed by atoms with Gasteiger partial charge in [0.05, 0.1) is 27.9 Å². The lowest BCUT2D eigenvalue weighted by molar-refractivity contribution is -0.384. The van der Waals surface area contributed by atoms with Gasteiger partial charge in [-0.15, -0.1) is 0 Å². The average molecular weight is 511 g/mol. The lowest BCUT2D eigenvalue weighted by atomic mass is 10.2. The molecule has 2 aliphatic heterocycles. The molecule has 0 bridgehead atoms. The van der Waals surface area contributed by atoms with Gasteiger partial charge in [-0.05, 0) is 23.3 Å². The van der Waals surface area contributed by atoms with Crippen molar-refractivity contribution in [2.24, 2.45) is 0 Å². The lowest BCUT2D eigenvalue weighted by Crippen LogP contribution is -2.39.